The van der Waals surface area contributed by atoms with Crippen molar-refractivity contribution in [2.45, 2.75) is 65.7 Å². The minimum atomic E-state index is -0.0506. The molecule has 2 rings (SSSR count). The summed E-state index contributed by atoms with van der Waals surface area (Å²) in [6.45, 7) is 9.20. The Labute approximate surface area is 151 Å². The summed E-state index contributed by atoms with van der Waals surface area (Å²) in [5.41, 5.74) is 0.370. The maximum absolute atomic E-state index is 11.8. The van der Waals surface area contributed by atoms with Gasteiger partial charge in [-0.15, -0.1) is 0 Å². The van der Waals surface area contributed by atoms with Crippen molar-refractivity contribution in [1.29, 1.82) is 0 Å². The van der Waals surface area contributed by atoms with Gasteiger partial charge in [0.25, 0.3) is 0 Å². The number of carbonyl (C=O) groups excluding carboxylic acids is 2. The lowest BCUT2D eigenvalue weighted by Crippen LogP contribution is -2.47. The first kappa shape index (κ1) is 19.7. The third-order valence-electron chi connectivity index (χ3n) is 5.18. The summed E-state index contributed by atoms with van der Waals surface area (Å²) in [4.78, 5) is 29.9. The summed E-state index contributed by atoms with van der Waals surface area (Å²) in [6.07, 6.45) is 6.73. The number of likely N-dealkylation sites (tertiary alicyclic amines) is 1. The van der Waals surface area contributed by atoms with E-state index in [1.54, 1.807) is 0 Å². The van der Waals surface area contributed by atoms with Crippen molar-refractivity contribution in [2.24, 2.45) is 16.3 Å². The van der Waals surface area contributed by atoms with Crippen molar-refractivity contribution in [2.75, 3.05) is 26.2 Å². The Morgan fingerprint density at radius 3 is 2.36 bits per heavy atom. The van der Waals surface area contributed by atoms with Crippen LogP contribution in [0.5, 0.6) is 0 Å². The fourth-order valence-corrected chi connectivity index (χ4v) is 3.89. The maximum atomic E-state index is 11.8. The van der Waals surface area contributed by atoms with E-state index >= 15 is 0 Å². The van der Waals surface area contributed by atoms with Crippen LogP contribution in [0.25, 0.3) is 0 Å². The van der Waals surface area contributed by atoms with Gasteiger partial charge in [0.05, 0.1) is 0 Å². The summed E-state index contributed by atoms with van der Waals surface area (Å²) < 4.78 is 0. The number of hydrogen-bond donors (Lipinski definition) is 2. The monoisotopic (exact) mass is 350 g/mol. The van der Waals surface area contributed by atoms with E-state index in [2.05, 4.69) is 24.5 Å². The smallest absolute Gasteiger partial charge is 0.229 e. The summed E-state index contributed by atoms with van der Waals surface area (Å²) in [5.74, 6) is 1.38. The van der Waals surface area contributed by atoms with Crippen LogP contribution in [0.2, 0.25) is 0 Å². The van der Waals surface area contributed by atoms with E-state index in [-0.39, 0.29) is 11.8 Å². The molecular formula is C19H34N4O2. The molecule has 2 amide bonds. The predicted molar refractivity (Wildman–Crippen MR) is 100 cm³/mol. The summed E-state index contributed by atoms with van der Waals surface area (Å²) in [5, 5.41) is 6.54. The normalized spacial score (nSPS) is 20.6. The van der Waals surface area contributed by atoms with Crippen LogP contribution in [0.4, 0.5) is 0 Å². The second-order valence-corrected chi connectivity index (χ2v) is 7.87. The molecule has 142 valence electrons. The number of rotatable bonds is 8. The van der Waals surface area contributed by atoms with Crippen molar-refractivity contribution < 1.29 is 9.59 Å². The Bertz CT molecular complexity index is 482. The molecule has 1 aliphatic heterocycles. The van der Waals surface area contributed by atoms with E-state index in [0.717, 1.165) is 19.0 Å². The van der Waals surface area contributed by atoms with Gasteiger partial charge in [-0.1, -0.05) is 20.3 Å². The summed E-state index contributed by atoms with van der Waals surface area (Å²) >= 11 is 0. The minimum Gasteiger partial charge on any atom is -0.357 e. The van der Waals surface area contributed by atoms with Gasteiger partial charge in [0.2, 0.25) is 11.8 Å². The largest absolute Gasteiger partial charge is 0.357 e. The van der Waals surface area contributed by atoms with E-state index in [1.165, 1.54) is 30.6 Å². The van der Waals surface area contributed by atoms with E-state index in [4.69, 9.17) is 4.99 Å². The van der Waals surface area contributed by atoms with Crippen LogP contribution in [-0.2, 0) is 9.59 Å². The Balaban J connectivity index is 1.85. The highest BCUT2D eigenvalue weighted by Crippen LogP contribution is 2.46. The molecule has 0 spiro atoms. The quantitative estimate of drug-likeness (QED) is 0.400. The molecule has 1 saturated heterocycles. The van der Waals surface area contributed by atoms with Gasteiger partial charge in [-0.05, 0) is 43.9 Å². The molecule has 0 aromatic rings. The highest BCUT2D eigenvalue weighted by atomic mass is 16.2. The third kappa shape index (κ3) is 5.72. The first-order valence-electron chi connectivity index (χ1n) is 9.81. The van der Waals surface area contributed by atoms with Crippen molar-refractivity contribution in [3.63, 3.8) is 0 Å². The zero-order valence-corrected chi connectivity index (χ0v) is 16.1. The molecule has 6 heteroatoms. The number of amides is 2. The van der Waals surface area contributed by atoms with E-state index in [0.29, 0.717) is 43.7 Å². The molecule has 0 aromatic heterocycles. The van der Waals surface area contributed by atoms with Crippen molar-refractivity contribution in [3.8, 4) is 0 Å². The number of aliphatic imine (C=N–C) groups is 1. The van der Waals surface area contributed by atoms with E-state index in [9.17, 15) is 9.59 Å². The van der Waals surface area contributed by atoms with Gasteiger partial charge in [0, 0.05) is 39.0 Å². The van der Waals surface area contributed by atoms with Gasteiger partial charge in [-0.3, -0.25) is 19.5 Å². The second kappa shape index (κ2) is 9.20. The van der Waals surface area contributed by atoms with Gasteiger partial charge < -0.3 is 10.6 Å². The van der Waals surface area contributed by atoms with Gasteiger partial charge in [0.1, 0.15) is 0 Å². The van der Waals surface area contributed by atoms with Gasteiger partial charge in [-0.2, -0.15) is 0 Å². The predicted octanol–water partition coefficient (Wildman–Crippen LogP) is 2.30. The summed E-state index contributed by atoms with van der Waals surface area (Å²) in [7, 11) is 0. The van der Waals surface area contributed by atoms with Crippen LogP contribution in [0, 0.1) is 11.3 Å². The molecule has 0 unspecified atom stereocenters. The van der Waals surface area contributed by atoms with Crippen molar-refractivity contribution >= 4 is 17.8 Å². The van der Waals surface area contributed by atoms with Crippen LogP contribution in [0.3, 0.4) is 0 Å². The van der Waals surface area contributed by atoms with Crippen LogP contribution in [-0.4, -0.2) is 48.9 Å². The van der Waals surface area contributed by atoms with Gasteiger partial charge in [-0.25, -0.2) is 0 Å². The lowest BCUT2D eigenvalue weighted by molar-refractivity contribution is -0.147. The van der Waals surface area contributed by atoms with Crippen molar-refractivity contribution in [3.05, 3.63) is 0 Å². The molecule has 0 aromatic carbocycles. The third-order valence-corrected chi connectivity index (χ3v) is 5.18. The average molecular weight is 351 g/mol. The van der Waals surface area contributed by atoms with Crippen LogP contribution in [0.15, 0.2) is 4.99 Å². The lowest BCUT2D eigenvalue weighted by Gasteiger charge is -2.42. The molecule has 0 bridgehead atoms. The molecule has 1 saturated carbocycles. The topological polar surface area (TPSA) is 73.8 Å². The molecule has 6 nitrogen and oxygen atoms in total. The lowest BCUT2D eigenvalue weighted by atomic mass is 9.64. The Morgan fingerprint density at radius 2 is 1.84 bits per heavy atom. The highest BCUT2D eigenvalue weighted by molar-refractivity contribution is 5.97. The fraction of sp³-hybridized carbons (Fsp3) is 0.842. The van der Waals surface area contributed by atoms with Gasteiger partial charge in [0.15, 0.2) is 5.96 Å². The number of hydrogen-bond acceptors (Lipinski definition) is 3. The highest BCUT2D eigenvalue weighted by Gasteiger charge is 2.37. The molecule has 2 fully saturated rings. The van der Waals surface area contributed by atoms with Crippen LogP contribution < -0.4 is 10.6 Å². The zero-order valence-electron chi connectivity index (χ0n) is 16.1. The first-order valence-corrected chi connectivity index (χ1v) is 9.81. The summed E-state index contributed by atoms with van der Waals surface area (Å²) in [6, 6.07) is 0. The fourth-order valence-electron chi connectivity index (χ4n) is 3.89. The standard InChI is InChI=1S/C19H34N4O2/c1-4-20-18(22-14-19(9-6-10-19)13-15(2)3)21-11-12-23-16(24)7-5-8-17(23)25/h15H,4-14H2,1-3H3,(H2,20,21,22). The van der Waals surface area contributed by atoms with Gasteiger partial charge >= 0.3 is 0 Å². The molecule has 2 aliphatic rings. The molecule has 2 N–H and O–H groups in total. The molecule has 1 heterocycles. The Hall–Kier alpha value is -1.59. The number of guanidine groups is 1. The molecule has 0 radical (unpaired) electrons. The molecule has 0 atom stereocenters. The molecule has 1 aliphatic carbocycles. The average Bonchev–Trinajstić information content (AvgIpc) is 2.52. The van der Waals surface area contributed by atoms with Crippen LogP contribution >= 0.6 is 0 Å². The maximum Gasteiger partial charge on any atom is 0.229 e. The van der Waals surface area contributed by atoms with Crippen molar-refractivity contribution in [1.82, 2.24) is 15.5 Å². The zero-order chi connectivity index (χ0) is 18.3. The number of piperidine rings is 1. The molecule has 25 heavy (non-hydrogen) atoms. The van der Waals surface area contributed by atoms with E-state index in [1.807, 2.05) is 6.92 Å². The second-order valence-electron chi connectivity index (χ2n) is 7.87. The number of carbonyl (C=O) groups is 2. The minimum absolute atomic E-state index is 0.0506. The SMILES string of the molecule is CCNC(=NCC1(CC(C)C)CCC1)NCCN1C(=O)CCCC1=O. The Kier molecular flexibility index (Phi) is 7.26. The van der Waals surface area contributed by atoms with Crippen LogP contribution in [0.1, 0.15) is 65.7 Å². The molecular weight excluding hydrogens is 316 g/mol. The number of nitrogens with one attached hydrogen (secondary N) is 2. The Morgan fingerprint density at radius 1 is 1.16 bits per heavy atom. The number of imide groups is 1. The first-order chi connectivity index (χ1) is 12.0. The van der Waals surface area contributed by atoms with E-state index < -0.39 is 0 Å². The number of nitrogens with zero attached hydrogens (tertiary/aromatic N) is 2.